The molecule has 3 aliphatic heterocycles. The summed E-state index contributed by atoms with van der Waals surface area (Å²) in [6.07, 6.45) is 2.76. The van der Waals surface area contributed by atoms with Gasteiger partial charge in [0.05, 0.1) is 43.8 Å². The second-order valence-electron chi connectivity index (χ2n) is 8.91. The van der Waals surface area contributed by atoms with Crippen LogP contribution >= 0.6 is 0 Å². The fourth-order valence-electron chi connectivity index (χ4n) is 4.38. The molecule has 3 heterocycles. The minimum absolute atomic E-state index is 0.120. The van der Waals surface area contributed by atoms with Gasteiger partial charge in [0.15, 0.2) is 0 Å². The average molecular weight is 458 g/mol. The second-order valence-corrected chi connectivity index (χ2v) is 8.91. The number of oxime groups is 1. The van der Waals surface area contributed by atoms with Gasteiger partial charge >= 0.3 is 5.97 Å². The number of amides is 1. The monoisotopic (exact) mass is 457 g/mol. The Morgan fingerprint density at radius 3 is 2.61 bits per heavy atom. The molecule has 0 spiro atoms. The molecule has 3 atom stereocenters. The zero-order valence-electron chi connectivity index (χ0n) is 19.1. The Labute approximate surface area is 193 Å². The van der Waals surface area contributed by atoms with E-state index in [4.69, 9.17) is 14.7 Å². The zero-order chi connectivity index (χ0) is 23.4. The standard InChI is InChI=1S/C23H31N5O5/c1-16-11-28(12-17(2)32-16)24-10-18-3-5-19(6-4-18)21-9-20(33-25-21)13-26-7-8-27(15-23(30)31)22(29)14-26/h3-6,10,16-17,20H,7-9,11-15H2,1-2H3,(H,30,31). The smallest absolute Gasteiger partial charge is 0.323 e. The van der Waals surface area contributed by atoms with Gasteiger partial charge in [-0.1, -0.05) is 29.4 Å². The van der Waals surface area contributed by atoms with Gasteiger partial charge < -0.3 is 19.6 Å². The first-order chi connectivity index (χ1) is 15.9. The van der Waals surface area contributed by atoms with Crippen molar-refractivity contribution in [1.29, 1.82) is 0 Å². The number of ether oxygens (including phenoxy) is 1. The van der Waals surface area contributed by atoms with E-state index in [0.717, 1.165) is 29.9 Å². The van der Waals surface area contributed by atoms with Crippen LogP contribution in [0.25, 0.3) is 0 Å². The fourth-order valence-corrected chi connectivity index (χ4v) is 4.38. The number of hydrogen-bond acceptors (Lipinski definition) is 8. The summed E-state index contributed by atoms with van der Waals surface area (Å²) in [7, 11) is 0. The van der Waals surface area contributed by atoms with E-state index in [9.17, 15) is 9.59 Å². The molecule has 178 valence electrons. The number of carboxylic acids is 1. The predicted octanol–water partition coefficient (Wildman–Crippen LogP) is 0.852. The maximum absolute atomic E-state index is 12.1. The molecular weight excluding hydrogens is 426 g/mol. The highest BCUT2D eigenvalue weighted by atomic mass is 16.6. The quantitative estimate of drug-likeness (QED) is 0.605. The van der Waals surface area contributed by atoms with Crippen LogP contribution < -0.4 is 0 Å². The molecule has 0 bridgehead atoms. The normalized spacial score (nSPS) is 26.5. The third-order valence-electron chi connectivity index (χ3n) is 5.93. The van der Waals surface area contributed by atoms with E-state index in [-0.39, 0.29) is 37.3 Å². The van der Waals surface area contributed by atoms with Crippen molar-refractivity contribution in [2.75, 3.05) is 45.8 Å². The number of hydrogen-bond donors (Lipinski definition) is 1. The van der Waals surface area contributed by atoms with Gasteiger partial charge in [-0.3, -0.25) is 19.5 Å². The summed E-state index contributed by atoms with van der Waals surface area (Å²) in [4.78, 5) is 32.0. The largest absolute Gasteiger partial charge is 0.480 e. The Balaban J connectivity index is 1.25. The lowest BCUT2D eigenvalue weighted by Crippen LogP contribution is -2.53. The van der Waals surface area contributed by atoms with Crippen LogP contribution in [0, 0.1) is 0 Å². The summed E-state index contributed by atoms with van der Waals surface area (Å²) in [5.41, 5.74) is 2.90. The lowest BCUT2D eigenvalue weighted by molar-refractivity contribution is -0.147. The van der Waals surface area contributed by atoms with E-state index < -0.39 is 5.97 Å². The number of hydrazone groups is 1. The predicted molar refractivity (Wildman–Crippen MR) is 122 cm³/mol. The first kappa shape index (κ1) is 23.2. The summed E-state index contributed by atoms with van der Waals surface area (Å²) in [5.74, 6) is -1.16. The van der Waals surface area contributed by atoms with Crippen molar-refractivity contribution in [2.45, 2.75) is 38.6 Å². The number of morpholine rings is 1. The molecule has 10 heteroatoms. The van der Waals surface area contributed by atoms with Crippen LogP contribution in [0.15, 0.2) is 34.5 Å². The Hall–Kier alpha value is -2.98. The van der Waals surface area contributed by atoms with Crippen molar-refractivity contribution >= 4 is 23.8 Å². The van der Waals surface area contributed by atoms with E-state index >= 15 is 0 Å². The molecule has 1 amide bonds. The number of carbonyl (C=O) groups excluding carboxylic acids is 1. The number of nitrogens with zero attached hydrogens (tertiary/aromatic N) is 5. The summed E-state index contributed by atoms with van der Waals surface area (Å²) in [6, 6.07) is 8.07. The van der Waals surface area contributed by atoms with Gasteiger partial charge in [-0.15, -0.1) is 0 Å². The maximum atomic E-state index is 12.1. The lowest BCUT2D eigenvalue weighted by Gasteiger charge is -2.34. The molecule has 0 aromatic heterocycles. The topological polar surface area (TPSA) is 107 Å². The Morgan fingerprint density at radius 2 is 1.94 bits per heavy atom. The van der Waals surface area contributed by atoms with Crippen LogP contribution in [-0.4, -0.2) is 108 Å². The number of aliphatic carboxylic acids is 1. The van der Waals surface area contributed by atoms with Crippen molar-refractivity contribution in [3.63, 3.8) is 0 Å². The van der Waals surface area contributed by atoms with Crippen LogP contribution in [0.3, 0.4) is 0 Å². The van der Waals surface area contributed by atoms with Crippen molar-refractivity contribution in [3.8, 4) is 0 Å². The van der Waals surface area contributed by atoms with Crippen molar-refractivity contribution in [1.82, 2.24) is 14.8 Å². The summed E-state index contributed by atoms with van der Waals surface area (Å²) >= 11 is 0. The Morgan fingerprint density at radius 1 is 1.21 bits per heavy atom. The van der Waals surface area contributed by atoms with E-state index in [0.29, 0.717) is 26.1 Å². The highest BCUT2D eigenvalue weighted by molar-refractivity contribution is 6.01. The lowest BCUT2D eigenvalue weighted by atomic mass is 10.0. The van der Waals surface area contributed by atoms with Gasteiger partial charge in [-0.25, -0.2) is 0 Å². The third-order valence-corrected chi connectivity index (χ3v) is 5.93. The summed E-state index contributed by atoms with van der Waals surface area (Å²) < 4.78 is 5.74. The molecule has 1 N–H and O–H groups in total. The molecule has 2 saturated heterocycles. The average Bonchev–Trinajstić information content (AvgIpc) is 3.22. The van der Waals surface area contributed by atoms with E-state index in [1.54, 1.807) is 0 Å². The van der Waals surface area contributed by atoms with Crippen LogP contribution in [0.1, 0.15) is 31.4 Å². The first-order valence-corrected chi connectivity index (χ1v) is 11.3. The van der Waals surface area contributed by atoms with Crippen LogP contribution in [0.4, 0.5) is 0 Å². The van der Waals surface area contributed by atoms with Gasteiger partial charge in [0.2, 0.25) is 5.91 Å². The second kappa shape index (κ2) is 10.3. The minimum atomic E-state index is -0.989. The summed E-state index contributed by atoms with van der Waals surface area (Å²) in [6.45, 7) is 7.27. The van der Waals surface area contributed by atoms with Crippen LogP contribution in [0.2, 0.25) is 0 Å². The fraction of sp³-hybridized carbons (Fsp3) is 0.565. The molecule has 1 aromatic carbocycles. The Kier molecular flexibility index (Phi) is 7.24. The van der Waals surface area contributed by atoms with E-state index in [1.165, 1.54) is 4.90 Å². The van der Waals surface area contributed by atoms with Gasteiger partial charge in [-0.05, 0) is 25.0 Å². The molecule has 3 unspecified atom stereocenters. The molecule has 4 rings (SSSR count). The molecule has 3 aliphatic rings. The molecule has 33 heavy (non-hydrogen) atoms. The SMILES string of the molecule is CC1CN(N=Cc2ccc(C3=NOC(CN4CCN(CC(=O)O)C(=O)C4)C3)cc2)CC(C)O1. The third kappa shape index (κ3) is 6.29. The first-order valence-electron chi connectivity index (χ1n) is 11.3. The van der Waals surface area contributed by atoms with Gasteiger partial charge in [-0.2, -0.15) is 5.10 Å². The molecule has 1 aromatic rings. The molecule has 0 saturated carbocycles. The molecular formula is C23H31N5O5. The van der Waals surface area contributed by atoms with Gasteiger partial charge in [0.1, 0.15) is 12.6 Å². The van der Waals surface area contributed by atoms with Gasteiger partial charge in [0.25, 0.3) is 0 Å². The zero-order valence-corrected chi connectivity index (χ0v) is 19.1. The van der Waals surface area contributed by atoms with Crippen molar-refractivity contribution < 1.29 is 24.3 Å². The minimum Gasteiger partial charge on any atom is -0.480 e. The van der Waals surface area contributed by atoms with Crippen molar-refractivity contribution in [2.24, 2.45) is 10.3 Å². The van der Waals surface area contributed by atoms with E-state index in [1.807, 2.05) is 40.4 Å². The summed E-state index contributed by atoms with van der Waals surface area (Å²) in [5, 5.41) is 19.8. The molecule has 10 nitrogen and oxygen atoms in total. The van der Waals surface area contributed by atoms with Crippen LogP contribution in [0.5, 0.6) is 0 Å². The van der Waals surface area contributed by atoms with Crippen LogP contribution in [-0.2, 0) is 19.2 Å². The van der Waals surface area contributed by atoms with Crippen molar-refractivity contribution in [3.05, 3.63) is 35.4 Å². The number of carbonyl (C=O) groups is 2. The highest BCUT2D eigenvalue weighted by Crippen LogP contribution is 2.19. The number of piperazine rings is 1. The van der Waals surface area contributed by atoms with E-state index in [2.05, 4.69) is 24.1 Å². The number of carboxylic acid groups (broad SMARTS) is 1. The number of rotatable bonds is 7. The molecule has 0 aliphatic carbocycles. The molecule has 0 radical (unpaired) electrons. The highest BCUT2D eigenvalue weighted by Gasteiger charge is 2.30. The number of benzene rings is 1. The Bertz CT molecular complexity index is 908. The molecule has 2 fully saturated rings. The van der Waals surface area contributed by atoms with Gasteiger partial charge in [0, 0.05) is 26.1 Å². The maximum Gasteiger partial charge on any atom is 0.323 e.